The van der Waals surface area contributed by atoms with Crippen molar-refractivity contribution < 1.29 is 9.18 Å². The van der Waals surface area contributed by atoms with Crippen molar-refractivity contribution in [1.82, 2.24) is 14.7 Å². The molecule has 0 radical (unpaired) electrons. The summed E-state index contributed by atoms with van der Waals surface area (Å²) in [5, 5.41) is 4.30. The lowest BCUT2D eigenvalue weighted by atomic mass is 10.1. The lowest BCUT2D eigenvalue weighted by Gasteiger charge is -2.18. The first kappa shape index (κ1) is 16.2. The average molecular weight is 344 g/mol. The Hall–Kier alpha value is -2.66. The van der Waals surface area contributed by atoms with Crippen LogP contribution in [0.1, 0.15) is 15.9 Å². The molecule has 0 aliphatic heterocycles. The van der Waals surface area contributed by atoms with Crippen molar-refractivity contribution in [2.75, 3.05) is 7.05 Å². The molecule has 0 N–H and O–H groups in total. The minimum absolute atomic E-state index is 0.108. The SMILES string of the molecule is CN(Cc1cccc(-n2cccn2)c1)C(=O)c1ccc(F)cc1Cl. The molecule has 3 rings (SSSR count). The molecule has 0 spiro atoms. The van der Waals surface area contributed by atoms with Crippen LogP contribution < -0.4 is 0 Å². The highest BCUT2D eigenvalue weighted by atomic mass is 35.5. The maximum absolute atomic E-state index is 13.1. The number of carbonyl (C=O) groups is 1. The Morgan fingerprint density at radius 1 is 1.25 bits per heavy atom. The number of rotatable bonds is 4. The van der Waals surface area contributed by atoms with E-state index in [-0.39, 0.29) is 16.5 Å². The molecule has 0 bridgehead atoms. The highest BCUT2D eigenvalue weighted by molar-refractivity contribution is 6.33. The largest absolute Gasteiger partial charge is 0.337 e. The third kappa shape index (κ3) is 3.46. The molecule has 6 heteroatoms. The second-order valence-corrected chi connectivity index (χ2v) is 5.81. The number of hydrogen-bond donors (Lipinski definition) is 0. The molecule has 3 aromatic rings. The smallest absolute Gasteiger partial charge is 0.255 e. The van der Waals surface area contributed by atoms with Gasteiger partial charge in [0.2, 0.25) is 0 Å². The fraction of sp³-hybridized carbons (Fsp3) is 0.111. The first-order valence-corrected chi connectivity index (χ1v) is 7.72. The van der Waals surface area contributed by atoms with Crippen LogP contribution in [0.15, 0.2) is 60.9 Å². The Morgan fingerprint density at radius 2 is 2.08 bits per heavy atom. The van der Waals surface area contributed by atoms with Crippen LogP contribution in [0.4, 0.5) is 4.39 Å². The molecule has 1 aromatic heterocycles. The fourth-order valence-corrected chi connectivity index (χ4v) is 2.68. The molecule has 0 atom stereocenters. The zero-order chi connectivity index (χ0) is 17.1. The van der Waals surface area contributed by atoms with Crippen LogP contribution in [0.3, 0.4) is 0 Å². The summed E-state index contributed by atoms with van der Waals surface area (Å²) in [6, 6.07) is 13.4. The minimum Gasteiger partial charge on any atom is -0.337 e. The second kappa shape index (κ2) is 6.84. The van der Waals surface area contributed by atoms with E-state index < -0.39 is 5.82 Å². The maximum Gasteiger partial charge on any atom is 0.255 e. The monoisotopic (exact) mass is 343 g/mol. The summed E-state index contributed by atoms with van der Waals surface area (Å²) in [4.78, 5) is 14.0. The predicted octanol–water partition coefficient (Wildman–Crippen LogP) is 3.94. The van der Waals surface area contributed by atoms with E-state index in [1.165, 1.54) is 12.1 Å². The van der Waals surface area contributed by atoms with E-state index >= 15 is 0 Å². The summed E-state index contributed by atoms with van der Waals surface area (Å²) in [6.07, 6.45) is 3.56. The van der Waals surface area contributed by atoms with Crippen LogP contribution in [0.5, 0.6) is 0 Å². The van der Waals surface area contributed by atoms with Gasteiger partial charge in [-0.1, -0.05) is 23.7 Å². The summed E-state index contributed by atoms with van der Waals surface area (Å²) < 4.78 is 14.9. The Morgan fingerprint density at radius 3 is 2.79 bits per heavy atom. The highest BCUT2D eigenvalue weighted by Gasteiger charge is 2.16. The van der Waals surface area contributed by atoms with E-state index in [1.54, 1.807) is 22.8 Å². The zero-order valence-corrected chi connectivity index (χ0v) is 13.7. The Balaban J connectivity index is 1.78. The Kier molecular flexibility index (Phi) is 4.62. The third-order valence-electron chi connectivity index (χ3n) is 3.61. The molecule has 1 heterocycles. The van der Waals surface area contributed by atoms with E-state index in [0.29, 0.717) is 6.54 Å². The quantitative estimate of drug-likeness (QED) is 0.719. The molecule has 24 heavy (non-hydrogen) atoms. The fourth-order valence-electron chi connectivity index (χ4n) is 2.43. The Bertz CT molecular complexity index is 864. The first-order chi connectivity index (χ1) is 11.5. The minimum atomic E-state index is -0.467. The summed E-state index contributed by atoms with van der Waals surface area (Å²) in [6.45, 7) is 0.404. The van der Waals surface area contributed by atoms with E-state index in [4.69, 9.17) is 11.6 Å². The molecule has 122 valence electrons. The van der Waals surface area contributed by atoms with Gasteiger partial charge in [0, 0.05) is 26.0 Å². The van der Waals surface area contributed by atoms with Crippen molar-refractivity contribution in [2.45, 2.75) is 6.54 Å². The van der Waals surface area contributed by atoms with Gasteiger partial charge in [-0.3, -0.25) is 4.79 Å². The van der Waals surface area contributed by atoms with Gasteiger partial charge in [-0.05, 0) is 42.0 Å². The van der Waals surface area contributed by atoms with E-state index in [9.17, 15) is 9.18 Å². The number of halogens is 2. The van der Waals surface area contributed by atoms with E-state index in [1.807, 2.05) is 36.5 Å². The number of benzene rings is 2. The van der Waals surface area contributed by atoms with Crippen molar-refractivity contribution in [3.8, 4) is 5.69 Å². The van der Waals surface area contributed by atoms with Crippen LogP contribution in [0, 0.1) is 5.82 Å². The molecule has 0 saturated heterocycles. The number of nitrogens with zero attached hydrogens (tertiary/aromatic N) is 3. The molecule has 0 aliphatic carbocycles. The maximum atomic E-state index is 13.1. The van der Waals surface area contributed by atoms with Crippen molar-refractivity contribution in [3.05, 3.63) is 82.9 Å². The third-order valence-corrected chi connectivity index (χ3v) is 3.92. The van der Waals surface area contributed by atoms with Gasteiger partial charge in [0.25, 0.3) is 5.91 Å². The molecule has 0 saturated carbocycles. The van der Waals surface area contributed by atoms with Crippen molar-refractivity contribution >= 4 is 17.5 Å². The van der Waals surface area contributed by atoms with Crippen LogP contribution >= 0.6 is 11.6 Å². The van der Waals surface area contributed by atoms with Gasteiger partial charge in [-0.2, -0.15) is 5.10 Å². The number of amides is 1. The van der Waals surface area contributed by atoms with Gasteiger partial charge in [-0.15, -0.1) is 0 Å². The summed E-state index contributed by atoms with van der Waals surface area (Å²) in [5.41, 5.74) is 2.15. The number of hydrogen-bond acceptors (Lipinski definition) is 2. The van der Waals surface area contributed by atoms with Gasteiger partial charge in [0.05, 0.1) is 16.3 Å². The van der Waals surface area contributed by atoms with Gasteiger partial charge in [-0.25, -0.2) is 9.07 Å². The first-order valence-electron chi connectivity index (χ1n) is 7.34. The summed E-state index contributed by atoms with van der Waals surface area (Å²) >= 11 is 5.97. The summed E-state index contributed by atoms with van der Waals surface area (Å²) in [5.74, 6) is -0.726. The van der Waals surface area contributed by atoms with Gasteiger partial charge in [0.1, 0.15) is 5.82 Å². The topological polar surface area (TPSA) is 38.1 Å². The number of carbonyl (C=O) groups excluding carboxylic acids is 1. The Labute approximate surface area is 144 Å². The molecule has 2 aromatic carbocycles. The molecular weight excluding hydrogens is 329 g/mol. The van der Waals surface area contributed by atoms with Gasteiger partial charge in [0.15, 0.2) is 0 Å². The van der Waals surface area contributed by atoms with Crippen molar-refractivity contribution in [3.63, 3.8) is 0 Å². The molecule has 4 nitrogen and oxygen atoms in total. The normalized spacial score (nSPS) is 10.6. The van der Waals surface area contributed by atoms with Crippen LogP contribution in [0.25, 0.3) is 5.69 Å². The van der Waals surface area contributed by atoms with E-state index in [2.05, 4.69) is 5.10 Å². The predicted molar refractivity (Wildman–Crippen MR) is 90.8 cm³/mol. The van der Waals surface area contributed by atoms with Crippen molar-refractivity contribution in [1.29, 1.82) is 0 Å². The van der Waals surface area contributed by atoms with E-state index in [0.717, 1.165) is 17.3 Å². The molecule has 0 fully saturated rings. The van der Waals surface area contributed by atoms with Crippen LogP contribution in [-0.4, -0.2) is 27.6 Å². The van der Waals surface area contributed by atoms with Gasteiger partial charge < -0.3 is 4.90 Å². The average Bonchev–Trinajstić information content (AvgIpc) is 3.09. The molecular formula is C18H15ClFN3O. The zero-order valence-electron chi connectivity index (χ0n) is 13.0. The molecule has 1 amide bonds. The number of aromatic nitrogens is 2. The van der Waals surface area contributed by atoms with Crippen LogP contribution in [-0.2, 0) is 6.54 Å². The standard InChI is InChI=1S/C18H15ClFN3O/c1-22(18(24)16-7-6-14(20)11-17(16)19)12-13-4-2-5-15(10-13)23-9-3-8-21-23/h2-11H,12H2,1H3. The lowest BCUT2D eigenvalue weighted by molar-refractivity contribution is 0.0785. The lowest BCUT2D eigenvalue weighted by Crippen LogP contribution is -2.26. The second-order valence-electron chi connectivity index (χ2n) is 5.41. The molecule has 0 unspecified atom stereocenters. The van der Waals surface area contributed by atoms with Crippen LogP contribution in [0.2, 0.25) is 5.02 Å². The summed E-state index contributed by atoms with van der Waals surface area (Å²) in [7, 11) is 1.68. The van der Waals surface area contributed by atoms with Gasteiger partial charge >= 0.3 is 0 Å². The highest BCUT2D eigenvalue weighted by Crippen LogP contribution is 2.20. The van der Waals surface area contributed by atoms with Crippen molar-refractivity contribution in [2.24, 2.45) is 0 Å². The molecule has 0 aliphatic rings.